The average molecular weight is 305 g/mol. The number of benzene rings is 2. The Morgan fingerprint density at radius 3 is 2.50 bits per heavy atom. The van der Waals surface area contributed by atoms with E-state index in [4.69, 9.17) is 0 Å². The molecule has 0 aliphatic carbocycles. The van der Waals surface area contributed by atoms with Crippen molar-refractivity contribution >= 4 is 22.2 Å². The lowest BCUT2D eigenvalue weighted by Crippen LogP contribution is -2.02. The van der Waals surface area contributed by atoms with Crippen LogP contribution in [0, 0.1) is 0 Å². The molecule has 0 heterocycles. The molecule has 0 fully saturated rings. The highest BCUT2D eigenvalue weighted by atomic mass is 79.9. The molecule has 0 saturated carbocycles. The largest absolute Gasteiger partial charge is 0.508 e. The summed E-state index contributed by atoms with van der Waals surface area (Å²) in [5.74, 6) is 0.108. The van der Waals surface area contributed by atoms with Gasteiger partial charge in [0.05, 0.1) is 0 Å². The number of rotatable bonds is 4. The van der Waals surface area contributed by atoms with Crippen molar-refractivity contribution in [3.05, 3.63) is 64.1 Å². The van der Waals surface area contributed by atoms with E-state index in [1.165, 1.54) is 0 Å². The van der Waals surface area contributed by atoms with Gasteiger partial charge in [0.15, 0.2) is 0 Å². The average Bonchev–Trinajstić information content (AvgIpc) is 2.38. The predicted octanol–water partition coefficient (Wildman–Crippen LogP) is 3.88. The molecule has 1 unspecified atom stereocenters. The fourth-order valence-electron chi connectivity index (χ4n) is 2.04. The topological polar surface area (TPSA) is 37.3 Å². The Labute approximate surface area is 114 Å². The fourth-order valence-corrected chi connectivity index (χ4v) is 2.38. The van der Waals surface area contributed by atoms with Gasteiger partial charge in [-0.2, -0.15) is 0 Å². The molecule has 0 aromatic heterocycles. The van der Waals surface area contributed by atoms with E-state index in [-0.39, 0.29) is 11.7 Å². The summed E-state index contributed by atoms with van der Waals surface area (Å²) in [5.41, 5.74) is 1.80. The van der Waals surface area contributed by atoms with Gasteiger partial charge < -0.3 is 9.90 Å². The first-order valence-corrected chi connectivity index (χ1v) is 6.48. The molecule has 0 aliphatic rings. The lowest BCUT2D eigenvalue weighted by molar-refractivity contribution is -0.108. The molecule has 2 rings (SSSR count). The zero-order chi connectivity index (χ0) is 13.0. The van der Waals surface area contributed by atoms with E-state index in [0.29, 0.717) is 6.42 Å². The van der Waals surface area contributed by atoms with Crippen molar-refractivity contribution in [3.8, 4) is 5.75 Å². The maximum Gasteiger partial charge on any atom is 0.120 e. The number of carbonyl (C=O) groups excluding carboxylic acids is 1. The highest BCUT2D eigenvalue weighted by molar-refractivity contribution is 9.10. The molecule has 92 valence electrons. The third kappa shape index (κ3) is 2.79. The zero-order valence-electron chi connectivity index (χ0n) is 9.71. The van der Waals surface area contributed by atoms with Crippen LogP contribution in [0.2, 0.25) is 0 Å². The van der Waals surface area contributed by atoms with Crippen molar-refractivity contribution in [2.24, 2.45) is 0 Å². The van der Waals surface area contributed by atoms with Crippen LogP contribution in [-0.2, 0) is 4.79 Å². The summed E-state index contributed by atoms with van der Waals surface area (Å²) in [4.78, 5) is 10.8. The van der Waals surface area contributed by atoms with Gasteiger partial charge in [-0.05, 0) is 17.7 Å². The van der Waals surface area contributed by atoms with Gasteiger partial charge in [0.2, 0.25) is 0 Å². The molecule has 0 saturated heterocycles. The first-order valence-electron chi connectivity index (χ1n) is 5.69. The van der Waals surface area contributed by atoms with E-state index in [1.54, 1.807) is 6.07 Å². The molecule has 1 N–H and O–H groups in total. The minimum absolute atomic E-state index is 0.100. The summed E-state index contributed by atoms with van der Waals surface area (Å²) in [5, 5.41) is 10.0. The molecule has 18 heavy (non-hydrogen) atoms. The number of halogens is 1. The third-order valence-corrected chi connectivity index (χ3v) is 3.40. The van der Waals surface area contributed by atoms with E-state index >= 15 is 0 Å². The molecular formula is C15H13BrO2. The minimum Gasteiger partial charge on any atom is -0.508 e. The van der Waals surface area contributed by atoms with Gasteiger partial charge in [-0.15, -0.1) is 0 Å². The van der Waals surface area contributed by atoms with Crippen molar-refractivity contribution in [2.75, 3.05) is 0 Å². The quantitative estimate of drug-likeness (QED) is 0.871. The SMILES string of the molecule is O=CCC(c1ccccc1)c1ccc(Br)cc1O. The van der Waals surface area contributed by atoms with Gasteiger partial charge >= 0.3 is 0 Å². The maximum absolute atomic E-state index is 10.8. The monoisotopic (exact) mass is 304 g/mol. The minimum atomic E-state index is -0.100. The van der Waals surface area contributed by atoms with Crippen LogP contribution in [0.25, 0.3) is 0 Å². The first kappa shape index (κ1) is 12.8. The van der Waals surface area contributed by atoms with Gasteiger partial charge in [0, 0.05) is 22.4 Å². The second-order valence-electron chi connectivity index (χ2n) is 4.07. The van der Waals surface area contributed by atoms with E-state index < -0.39 is 0 Å². The Hall–Kier alpha value is -1.61. The Morgan fingerprint density at radius 2 is 1.89 bits per heavy atom. The Bertz CT molecular complexity index is 537. The van der Waals surface area contributed by atoms with E-state index in [1.807, 2.05) is 42.5 Å². The van der Waals surface area contributed by atoms with Crippen LogP contribution in [-0.4, -0.2) is 11.4 Å². The van der Waals surface area contributed by atoms with Gasteiger partial charge in [0.25, 0.3) is 0 Å². The van der Waals surface area contributed by atoms with Crippen LogP contribution in [0.1, 0.15) is 23.5 Å². The Morgan fingerprint density at radius 1 is 1.17 bits per heavy atom. The molecule has 2 nitrogen and oxygen atoms in total. The van der Waals surface area contributed by atoms with Crippen LogP contribution >= 0.6 is 15.9 Å². The Balaban J connectivity index is 2.44. The lowest BCUT2D eigenvalue weighted by atomic mass is 9.88. The Kier molecular flexibility index (Phi) is 4.15. The van der Waals surface area contributed by atoms with E-state index in [0.717, 1.165) is 21.9 Å². The number of hydrogen-bond donors (Lipinski definition) is 1. The maximum atomic E-state index is 10.8. The molecule has 2 aromatic carbocycles. The smallest absolute Gasteiger partial charge is 0.120 e. The predicted molar refractivity (Wildman–Crippen MR) is 74.8 cm³/mol. The third-order valence-electron chi connectivity index (χ3n) is 2.90. The van der Waals surface area contributed by atoms with Gasteiger partial charge in [-0.1, -0.05) is 52.3 Å². The summed E-state index contributed by atoms with van der Waals surface area (Å²) in [6.45, 7) is 0. The standard InChI is InChI=1S/C15H13BrO2/c16-12-6-7-14(15(18)10-12)13(8-9-17)11-4-2-1-3-5-11/h1-7,9-10,13,18H,8H2. The second-order valence-corrected chi connectivity index (χ2v) is 4.98. The summed E-state index contributed by atoms with van der Waals surface area (Å²) >= 11 is 3.31. The molecule has 0 radical (unpaired) electrons. The van der Waals surface area contributed by atoms with Crippen molar-refractivity contribution in [1.29, 1.82) is 0 Å². The van der Waals surface area contributed by atoms with Crippen LogP contribution in [0.5, 0.6) is 5.75 Å². The van der Waals surface area contributed by atoms with Gasteiger partial charge in [-0.3, -0.25) is 0 Å². The normalized spacial score (nSPS) is 12.1. The molecule has 2 aromatic rings. The van der Waals surface area contributed by atoms with Crippen molar-refractivity contribution in [2.45, 2.75) is 12.3 Å². The molecule has 1 atom stereocenters. The number of phenols is 1. The summed E-state index contributed by atoms with van der Waals surface area (Å²) < 4.78 is 0.821. The highest BCUT2D eigenvalue weighted by Gasteiger charge is 2.17. The van der Waals surface area contributed by atoms with Gasteiger partial charge in [-0.25, -0.2) is 0 Å². The van der Waals surface area contributed by atoms with Crippen LogP contribution < -0.4 is 0 Å². The molecule has 0 aliphatic heterocycles. The summed E-state index contributed by atoms with van der Waals surface area (Å²) in [6.07, 6.45) is 1.25. The summed E-state index contributed by atoms with van der Waals surface area (Å²) in [6, 6.07) is 15.1. The van der Waals surface area contributed by atoms with Crippen molar-refractivity contribution < 1.29 is 9.90 Å². The number of phenolic OH excluding ortho intramolecular Hbond substituents is 1. The number of aromatic hydroxyl groups is 1. The molecule has 3 heteroatoms. The van der Waals surface area contributed by atoms with E-state index in [9.17, 15) is 9.90 Å². The second kappa shape index (κ2) is 5.83. The van der Waals surface area contributed by atoms with Crippen LogP contribution in [0.4, 0.5) is 0 Å². The molecular weight excluding hydrogens is 292 g/mol. The summed E-state index contributed by atoms with van der Waals surface area (Å²) in [7, 11) is 0. The lowest BCUT2D eigenvalue weighted by Gasteiger charge is -2.16. The van der Waals surface area contributed by atoms with Crippen molar-refractivity contribution in [3.63, 3.8) is 0 Å². The highest BCUT2D eigenvalue weighted by Crippen LogP contribution is 2.34. The van der Waals surface area contributed by atoms with Gasteiger partial charge in [0.1, 0.15) is 12.0 Å². The molecule has 0 amide bonds. The molecule has 0 bridgehead atoms. The van der Waals surface area contributed by atoms with E-state index in [2.05, 4.69) is 15.9 Å². The molecule has 0 spiro atoms. The fraction of sp³-hybridized carbons (Fsp3) is 0.133. The number of aldehydes is 1. The number of hydrogen-bond acceptors (Lipinski definition) is 2. The number of carbonyl (C=O) groups is 1. The van der Waals surface area contributed by atoms with Crippen LogP contribution in [0.15, 0.2) is 53.0 Å². The zero-order valence-corrected chi connectivity index (χ0v) is 11.3. The van der Waals surface area contributed by atoms with Crippen LogP contribution in [0.3, 0.4) is 0 Å². The first-order chi connectivity index (χ1) is 8.72. The van der Waals surface area contributed by atoms with Crippen molar-refractivity contribution in [1.82, 2.24) is 0 Å².